The zero-order valence-corrected chi connectivity index (χ0v) is 7.84. The Balaban J connectivity index is 2.23. The van der Waals surface area contributed by atoms with Crippen molar-refractivity contribution in [3.63, 3.8) is 0 Å². The highest BCUT2D eigenvalue weighted by Crippen LogP contribution is 2.28. The van der Waals surface area contributed by atoms with Crippen LogP contribution in [0.15, 0.2) is 23.4 Å². The number of fused-ring (bicyclic) bond motifs is 1. The molecule has 0 aromatic heterocycles. The van der Waals surface area contributed by atoms with Crippen LogP contribution in [0.4, 0.5) is 0 Å². The van der Waals surface area contributed by atoms with Gasteiger partial charge in [0.2, 0.25) is 0 Å². The van der Waals surface area contributed by atoms with Crippen molar-refractivity contribution >= 4 is 0 Å². The average Bonchev–Trinajstić information content (AvgIpc) is 2.29. The molecule has 0 bridgehead atoms. The van der Waals surface area contributed by atoms with Crippen molar-refractivity contribution in [2.24, 2.45) is 0 Å². The molecule has 0 spiro atoms. The molecule has 0 saturated carbocycles. The monoisotopic (exact) mass is 163 g/mol. The van der Waals surface area contributed by atoms with Crippen LogP contribution >= 0.6 is 0 Å². The van der Waals surface area contributed by atoms with Crippen molar-refractivity contribution in [3.05, 3.63) is 23.4 Å². The molecule has 0 unspecified atom stereocenters. The maximum Gasteiger partial charge on any atom is 0.0352 e. The summed E-state index contributed by atoms with van der Waals surface area (Å²) in [5.74, 6) is 0. The molecule has 1 heterocycles. The molecule has 0 aromatic rings. The van der Waals surface area contributed by atoms with Crippen molar-refractivity contribution in [2.45, 2.75) is 32.1 Å². The molecular formula is C11H17N. The molecule has 2 rings (SSSR count). The fraction of sp³-hybridized carbons (Fsp3) is 0.636. The van der Waals surface area contributed by atoms with E-state index in [-0.39, 0.29) is 0 Å². The molecule has 0 N–H and O–H groups in total. The lowest BCUT2D eigenvalue weighted by Crippen LogP contribution is -2.18. The highest BCUT2D eigenvalue weighted by atomic mass is 15.1. The van der Waals surface area contributed by atoms with Gasteiger partial charge < -0.3 is 4.90 Å². The number of likely N-dealkylation sites (N-methyl/N-ethyl adjacent to an activating group) is 1. The van der Waals surface area contributed by atoms with Crippen LogP contribution in [-0.2, 0) is 0 Å². The number of allylic oxidation sites excluding steroid dienone is 3. The van der Waals surface area contributed by atoms with E-state index in [1.165, 1.54) is 44.3 Å². The minimum atomic E-state index is 1.24. The van der Waals surface area contributed by atoms with Gasteiger partial charge in [-0.1, -0.05) is 12.2 Å². The minimum absolute atomic E-state index is 1.24. The number of nitrogens with zero attached hydrogens (tertiary/aromatic N) is 1. The first kappa shape index (κ1) is 7.90. The lowest BCUT2D eigenvalue weighted by Gasteiger charge is -2.23. The molecule has 1 nitrogen and oxygen atoms in total. The quantitative estimate of drug-likeness (QED) is 0.530. The van der Waals surface area contributed by atoms with E-state index in [9.17, 15) is 0 Å². The van der Waals surface area contributed by atoms with Crippen LogP contribution in [-0.4, -0.2) is 18.5 Å². The topological polar surface area (TPSA) is 3.24 Å². The molecule has 12 heavy (non-hydrogen) atoms. The van der Waals surface area contributed by atoms with Crippen molar-refractivity contribution in [1.82, 2.24) is 4.90 Å². The number of hydrogen-bond donors (Lipinski definition) is 0. The van der Waals surface area contributed by atoms with Crippen LogP contribution in [0.1, 0.15) is 32.1 Å². The maximum atomic E-state index is 2.43. The van der Waals surface area contributed by atoms with Crippen molar-refractivity contribution < 1.29 is 0 Å². The molecule has 1 aliphatic carbocycles. The van der Waals surface area contributed by atoms with Crippen LogP contribution in [0.25, 0.3) is 0 Å². The minimum Gasteiger partial charge on any atom is -0.375 e. The van der Waals surface area contributed by atoms with Gasteiger partial charge in [-0.25, -0.2) is 0 Å². The van der Waals surface area contributed by atoms with Gasteiger partial charge in [-0.2, -0.15) is 0 Å². The molecule has 0 atom stereocenters. The maximum absolute atomic E-state index is 2.43. The lowest BCUT2D eigenvalue weighted by molar-refractivity contribution is 0.425. The van der Waals surface area contributed by atoms with Crippen LogP contribution in [0.3, 0.4) is 0 Å². The van der Waals surface area contributed by atoms with Gasteiger partial charge in [0.15, 0.2) is 0 Å². The molecule has 66 valence electrons. The molecular weight excluding hydrogens is 146 g/mol. The first-order chi connectivity index (χ1) is 5.88. The highest BCUT2D eigenvalue weighted by Gasteiger charge is 2.15. The summed E-state index contributed by atoms with van der Waals surface area (Å²) in [6.07, 6.45) is 11.3. The molecule has 0 aromatic carbocycles. The van der Waals surface area contributed by atoms with Gasteiger partial charge in [0.25, 0.3) is 0 Å². The van der Waals surface area contributed by atoms with Gasteiger partial charge in [-0.3, -0.25) is 0 Å². The van der Waals surface area contributed by atoms with E-state index in [0.717, 1.165) is 0 Å². The third-order valence-corrected chi connectivity index (χ3v) is 2.82. The first-order valence-electron chi connectivity index (χ1n) is 4.98. The van der Waals surface area contributed by atoms with Crippen molar-refractivity contribution in [1.29, 1.82) is 0 Å². The third-order valence-electron chi connectivity index (χ3n) is 2.82. The van der Waals surface area contributed by atoms with E-state index in [4.69, 9.17) is 0 Å². The largest absolute Gasteiger partial charge is 0.375 e. The lowest BCUT2D eigenvalue weighted by atomic mass is 10.00. The Morgan fingerprint density at radius 1 is 1.17 bits per heavy atom. The van der Waals surface area contributed by atoms with Gasteiger partial charge in [-0.15, -0.1) is 0 Å². The van der Waals surface area contributed by atoms with Crippen molar-refractivity contribution in [3.8, 4) is 0 Å². The molecule has 0 amide bonds. The zero-order valence-electron chi connectivity index (χ0n) is 7.84. The van der Waals surface area contributed by atoms with E-state index < -0.39 is 0 Å². The van der Waals surface area contributed by atoms with Gasteiger partial charge in [0.05, 0.1) is 0 Å². The molecule has 0 radical (unpaired) electrons. The second kappa shape index (κ2) is 3.34. The molecule has 2 aliphatic rings. The summed E-state index contributed by atoms with van der Waals surface area (Å²) in [4.78, 5) is 2.41. The Labute approximate surface area is 74.8 Å². The van der Waals surface area contributed by atoms with E-state index in [1.54, 1.807) is 5.57 Å². The van der Waals surface area contributed by atoms with Crippen LogP contribution in [0, 0.1) is 0 Å². The number of likely N-dealkylation sites (tertiary alicyclic amines) is 1. The average molecular weight is 163 g/mol. The summed E-state index contributed by atoms with van der Waals surface area (Å²) < 4.78 is 0. The molecule has 1 heteroatoms. The van der Waals surface area contributed by atoms with E-state index in [1.807, 2.05) is 0 Å². The second-order valence-corrected chi connectivity index (χ2v) is 3.77. The fourth-order valence-corrected chi connectivity index (χ4v) is 2.13. The SMILES string of the molecule is CN1CCCCC2=CCCC=C21. The van der Waals surface area contributed by atoms with E-state index in [2.05, 4.69) is 24.1 Å². The number of rotatable bonds is 0. The second-order valence-electron chi connectivity index (χ2n) is 3.77. The van der Waals surface area contributed by atoms with Crippen LogP contribution in [0.2, 0.25) is 0 Å². The Morgan fingerprint density at radius 2 is 2.00 bits per heavy atom. The normalized spacial score (nSPS) is 23.9. The number of hydrogen-bond acceptors (Lipinski definition) is 1. The van der Waals surface area contributed by atoms with Crippen LogP contribution in [0.5, 0.6) is 0 Å². The first-order valence-corrected chi connectivity index (χ1v) is 4.98. The standard InChI is InChI=1S/C11H17N/c1-12-9-5-4-7-10-6-2-3-8-11(10)12/h6,8H,2-5,7,9H2,1H3. The predicted octanol–water partition coefficient (Wildman–Crippen LogP) is 2.71. The summed E-state index contributed by atoms with van der Waals surface area (Å²) in [5, 5.41) is 0. The summed E-state index contributed by atoms with van der Waals surface area (Å²) in [6, 6.07) is 0. The predicted molar refractivity (Wildman–Crippen MR) is 51.9 cm³/mol. The third kappa shape index (κ3) is 1.40. The molecule has 1 saturated heterocycles. The smallest absolute Gasteiger partial charge is 0.0352 e. The van der Waals surface area contributed by atoms with Crippen LogP contribution < -0.4 is 0 Å². The molecule has 1 fully saturated rings. The zero-order chi connectivity index (χ0) is 8.39. The highest BCUT2D eigenvalue weighted by molar-refractivity contribution is 5.33. The summed E-state index contributed by atoms with van der Waals surface area (Å²) in [6.45, 7) is 1.24. The Bertz CT molecular complexity index is 225. The van der Waals surface area contributed by atoms with Crippen molar-refractivity contribution in [2.75, 3.05) is 13.6 Å². The summed E-state index contributed by atoms with van der Waals surface area (Å²) in [5.41, 5.74) is 3.11. The van der Waals surface area contributed by atoms with Gasteiger partial charge in [0, 0.05) is 19.3 Å². The fourth-order valence-electron chi connectivity index (χ4n) is 2.13. The van der Waals surface area contributed by atoms with Gasteiger partial charge >= 0.3 is 0 Å². The van der Waals surface area contributed by atoms with E-state index in [0.29, 0.717) is 0 Å². The Morgan fingerprint density at radius 3 is 2.92 bits per heavy atom. The van der Waals surface area contributed by atoms with Gasteiger partial charge in [-0.05, 0) is 37.7 Å². The molecule has 1 aliphatic heterocycles. The summed E-state index contributed by atoms with van der Waals surface area (Å²) in [7, 11) is 2.22. The Kier molecular flexibility index (Phi) is 2.20. The summed E-state index contributed by atoms with van der Waals surface area (Å²) >= 11 is 0. The Hall–Kier alpha value is -0.720. The van der Waals surface area contributed by atoms with E-state index >= 15 is 0 Å². The van der Waals surface area contributed by atoms with Gasteiger partial charge in [0.1, 0.15) is 0 Å².